The van der Waals surface area contributed by atoms with Crippen LogP contribution in [0.4, 0.5) is 0 Å². The van der Waals surface area contributed by atoms with E-state index in [0.29, 0.717) is 17.5 Å². The van der Waals surface area contributed by atoms with Crippen molar-refractivity contribution in [1.29, 1.82) is 0 Å². The van der Waals surface area contributed by atoms with Crippen LogP contribution < -0.4 is 0 Å². The fourth-order valence-corrected chi connectivity index (χ4v) is 6.70. The molecule has 2 aromatic heterocycles. The molecule has 0 amide bonds. The highest BCUT2D eigenvalue weighted by atomic mass is 15.0. The number of fused-ring (bicyclic) bond motifs is 7. The van der Waals surface area contributed by atoms with E-state index in [1.165, 1.54) is 44.1 Å². The van der Waals surface area contributed by atoms with Gasteiger partial charge >= 0.3 is 0 Å². The van der Waals surface area contributed by atoms with Gasteiger partial charge in [0.05, 0.1) is 11.0 Å². The quantitative estimate of drug-likeness (QED) is 0.215. The summed E-state index contributed by atoms with van der Waals surface area (Å²) in [4.78, 5) is 14.8. The number of hydrogen-bond acceptors (Lipinski definition) is 3. The molecule has 0 unspecified atom stereocenters. The number of nitrogens with zero attached hydrogens (tertiary/aromatic N) is 4. The van der Waals surface area contributed by atoms with Crippen molar-refractivity contribution >= 4 is 21.8 Å². The Kier molecular flexibility index (Phi) is 5.53. The molecular weight excluding hydrogens is 536 g/mol. The molecule has 0 aliphatic heterocycles. The molecule has 0 bridgehead atoms. The first-order valence-electron chi connectivity index (χ1n) is 14.9. The van der Waals surface area contributed by atoms with Gasteiger partial charge in [0.2, 0.25) is 0 Å². The van der Waals surface area contributed by atoms with Gasteiger partial charge in [-0.05, 0) is 52.9 Å². The molecule has 8 aromatic rings. The minimum atomic E-state index is 0.650. The smallest absolute Gasteiger partial charge is 0.164 e. The summed E-state index contributed by atoms with van der Waals surface area (Å²) in [6.45, 7) is 0. The zero-order chi connectivity index (χ0) is 29.0. The van der Waals surface area contributed by atoms with E-state index in [9.17, 15) is 0 Å². The first-order chi connectivity index (χ1) is 21.8. The van der Waals surface area contributed by atoms with Crippen LogP contribution in [-0.2, 0) is 6.42 Å². The molecule has 1 aliphatic carbocycles. The van der Waals surface area contributed by atoms with Crippen LogP contribution in [-0.4, -0.2) is 19.5 Å². The Bertz CT molecular complexity index is 2300. The van der Waals surface area contributed by atoms with Crippen LogP contribution in [0.25, 0.3) is 72.8 Å². The summed E-state index contributed by atoms with van der Waals surface area (Å²) in [6, 6.07) is 50.9. The molecule has 0 atom stereocenters. The normalized spacial score (nSPS) is 12.0. The number of hydrogen-bond donors (Lipinski definition) is 0. The molecule has 9 rings (SSSR count). The molecule has 0 fully saturated rings. The SMILES string of the molecule is c1ccc(-c2nc(-c3ccccc3)nc(-c3cccc(-n4c5ccccc5c5c6c(ccc54)-c4ccccc4C6)c3)n2)cc1. The summed E-state index contributed by atoms with van der Waals surface area (Å²) < 4.78 is 2.38. The lowest BCUT2D eigenvalue weighted by Crippen LogP contribution is -2.01. The molecule has 2 heterocycles. The molecule has 206 valence electrons. The first kappa shape index (κ1) is 24.7. The summed E-state index contributed by atoms with van der Waals surface area (Å²) in [6.07, 6.45) is 0.951. The summed E-state index contributed by atoms with van der Waals surface area (Å²) >= 11 is 0. The maximum atomic E-state index is 4.99. The van der Waals surface area contributed by atoms with Gasteiger partial charge in [-0.25, -0.2) is 15.0 Å². The van der Waals surface area contributed by atoms with Crippen molar-refractivity contribution in [2.45, 2.75) is 6.42 Å². The lowest BCUT2D eigenvalue weighted by molar-refractivity contribution is 1.07. The third-order valence-corrected chi connectivity index (χ3v) is 8.68. The Balaban J connectivity index is 1.24. The Hall–Kier alpha value is -5.87. The molecule has 0 N–H and O–H groups in total. The molecule has 4 heteroatoms. The predicted molar refractivity (Wildman–Crippen MR) is 179 cm³/mol. The van der Waals surface area contributed by atoms with Gasteiger partial charge in [-0.15, -0.1) is 0 Å². The van der Waals surface area contributed by atoms with E-state index in [1.54, 1.807) is 0 Å². The van der Waals surface area contributed by atoms with Gasteiger partial charge < -0.3 is 4.57 Å². The van der Waals surface area contributed by atoms with Crippen molar-refractivity contribution in [2.24, 2.45) is 0 Å². The number of para-hydroxylation sites is 1. The maximum Gasteiger partial charge on any atom is 0.164 e. The van der Waals surface area contributed by atoms with Crippen LogP contribution in [0.5, 0.6) is 0 Å². The fraction of sp³-hybridized carbons (Fsp3) is 0.0250. The highest BCUT2D eigenvalue weighted by Gasteiger charge is 2.24. The second-order valence-electron chi connectivity index (χ2n) is 11.3. The highest BCUT2D eigenvalue weighted by molar-refractivity contribution is 6.13. The van der Waals surface area contributed by atoms with E-state index in [0.717, 1.165) is 28.8 Å². The minimum absolute atomic E-state index is 0.650. The topological polar surface area (TPSA) is 43.6 Å². The van der Waals surface area contributed by atoms with Gasteiger partial charge in [-0.3, -0.25) is 0 Å². The summed E-state index contributed by atoms with van der Waals surface area (Å²) in [5, 5.41) is 2.60. The van der Waals surface area contributed by atoms with Gasteiger partial charge in [-0.1, -0.05) is 121 Å². The molecule has 0 saturated carbocycles. The van der Waals surface area contributed by atoms with Crippen LogP contribution in [0.15, 0.2) is 146 Å². The first-order valence-corrected chi connectivity index (χ1v) is 14.9. The molecule has 4 nitrogen and oxygen atoms in total. The van der Waals surface area contributed by atoms with Crippen LogP contribution in [0.2, 0.25) is 0 Å². The molecule has 1 aliphatic rings. The second-order valence-corrected chi connectivity index (χ2v) is 11.3. The van der Waals surface area contributed by atoms with E-state index in [-0.39, 0.29) is 0 Å². The van der Waals surface area contributed by atoms with Crippen molar-refractivity contribution in [3.05, 3.63) is 157 Å². The molecule has 0 saturated heterocycles. The third kappa shape index (κ3) is 3.89. The Morgan fingerprint density at radius 2 is 1.07 bits per heavy atom. The zero-order valence-electron chi connectivity index (χ0n) is 23.9. The molecule has 6 aromatic carbocycles. The van der Waals surface area contributed by atoms with Gasteiger partial charge in [0.1, 0.15) is 0 Å². The van der Waals surface area contributed by atoms with Crippen molar-refractivity contribution in [1.82, 2.24) is 19.5 Å². The fourth-order valence-electron chi connectivity index (χ4n) is 6.70. The number of benzene rings is 6. The number of rotatable bonds is 4. The van der Waals surface area contributed by atoms with E-state index in [2.05, 4.69) is 89.5 Å². The van der Waals surface area contributed by atoms with E-state index >= 15 is 0 Å². The van der Waals surface area contributed by atoms with Gasteiger partial charge in [0, 0.05) is 33.2 Å². The van der Waals surface area contributed by atoms with Gasteiger partial charge in [0.15, 0.2) is 17.5 Å². The van der Waals surface area contributed by atoms with Crippen LogP contribution in [0.1, 0.15) is 11.1 Å². The molecule has 0 radical (unpaired) electrons. The Labute approximate surface area is 255 Å². The summed E-state index contributed by atoms with van der Waals surface area (Å²) in [5.74, 6) is 1.97. The molecule has 44 heavy (non-hydrogen) atoms. The average molecular weight is 563 g/mol. The van der Waals surface area contributed by atoms with E-state index in [1.807, 2.05) is 60.7 Å². The largest absolute Gasteiger partial charge is 0.309 e. The van der Waals surface area contributed by atoms with Crippen LogP contribution in [0, 0.1) is 0 Å². The van der Waals surface area contributed by atoms with Gasteiger partial charge in [-0.2, -0.15) is 0 Å². The monoisotopic (exact) mass is 562 g/mol. The minimum Gasteiger partial charge on any atom is -0.309 e. The lowest BCUT2D eigenvalue weighted by atomic mass is 10.0. The third-order valence-electron chi connectivity index (χ3n) is 8.68. The number of aromatic nitrogens is 4. The molecule has 0 spiro atoms. The Morgan fingerprint density at radius 1 is 0.455 bits per heavy atom. The second kappa shape index (κ2) is 9.85. The maximum absolute atomic E-state index is 4.99. The van der Waals surface area contributed by atoms with Crippen LogP contribution >= 0.6 is 0 Å². The zero-order valence-corrected chi connectivity index (χ0v) is 23.9. The van der Waals surface area contributed by atoms with Crippen molar-refractivity contribution in [3.63, 3.8) is 0 Å². The van der Waals surface area contributed by atoms with Gasteiger partial charge in [0.25, 0.3) is 0 Å². The predicted octanol–water partition coefficient (Wildman–Crippen LogP) is 9.54. The standard InChI is InChI=1S/C40H26N4/c1-3-12-26(13-4-1)38-41-39(27-14-5-2-6-15-27)43-40(42-38)29-17-11-18-30(24-29)44-35-21-10-9-20-33(35)37-34-25-28-16-7-8-19-31(28)32(34)22-23-36(37)44/h1-24H,25H2. The Morgan fingerprint density at radius 3 is 1.82 bits per heavy atom. The van der Waals surface area contributed by atoms with Crippen molar-refractivity contribution in [2.75, 3.05) is 0 Å². The molecular formula is C40H26N4. The highest BCUT2D eigenvalue weighted by Crippen LogP contribution is 2.44. The van der Waals surface area contributed by atoms with E-state index in [4.69, 9.17) is 15.0 Å². The summed E-state index contributed by atoms with van der Waals surface area (Å²) in [7, 11) is 0. The van der Waals surface area contributed by atoms with Crippen molar-refractivity contribution < 1.29 is 0 Å². The average Bonchev–Trinajstić information content (AvgIpc) is 3.65. The van der Waals surface area contributed by atoms with E-state index < -0.39 is 0 Å². The van der Waals surface area contributed by atoms with Crippen LogP contribution in [0.3, 0.4) is 0 Å². The summed E-state index contributed by atoms with van der Waals surface area (Å²) in [5.41, 5.74) is 11.8. The van der Waals surface area contributed by atoms with Crippen molar-refractivity contribution in [3.8, 4) is 51.0 Å². The lowest BCUT2D eigenvalue weighted by Gasteiger charge is -2.12.